The van der Waals surface area contributed by atoms with Crippen LogP contribution in [0.1, 0.15) is 31.2 Å². The third-order valence-electron chi connectivity index (χ3n) is 9.47. The Morgan fingerprint density at radius 2 is 2.05 bits per heavy atom. The number of alkyl halides is 1. The van der Waals surface area contributed by atoms with Crippen LogP contribution in [0, 0.1) is 17.1 Å². The van der Waals surface area contributed by atoms with Crippen molar-refractivity contribution in [3.05, 3.63) is 54.0 Å². The van der Waals surface area contributed by atoms with Crippen LogP contribution in [0.15, 0.2) is 42.6 Å². The van der Waals surface area contributed by atoms with Gasteiger partial charge in [0.25, 0.3) is 0 Å². The van der Waals surface area contributed by atoms with Gasteiger partial charge in [-0.25, -0.2) is 13.6 Å². The van der Waals surface area contributed by atoms with Gasteiger partial charge in [0.15, 0.2) is 5.82 Å². The first kappa shape index (κ1) is 28.2. The Morgan fingerprint density at radius 3 is 2.82 bits per heavy atom. The van der Waals surface area contributed by atoms with E-state index in [1.165, 1.54) is 11.1 Å². The number of ether oxygens (including phenoxy) is 1. The lowest BCUT2D eigenvalue weighted by atomic mass is 9.95. The summed E-state index contributed by atoms with van der Waals surface area (Å²) in [7, 11) is 1.79. The molecule has 3 saturated heterocycles. The largest absolute Gasteiger partial charge is 0.465 e. The second kappa shape index (κ2) is 10.8. The first-order valence-electron chi connectivity index (χ1n) is 14.8. The summed E-state index contributed by atoms with van der Waals surface area (Å²) in [6.45, 7) is 1.99. The standard InChI is InChI=1S/C32H31F2N7O3/c1-39(22-9-12-40(17-22)31(42)43)29-24-15-36-27(23-8-3-6-19-5-2-7-20(14-35)25(19)23)26(34)28(24)37-30(38-29)44-18-32-10-4-11-41(32)16-21(33)13-32/h2-3,5-8,15,21-22H,4,9-13,16-18H2,1H3,(H,42,43)/t21-,22-,32+/m1/s1. The molecule has 1 N–H and O–H groups in total. The van der Waals surface area contributed by atoms with Crippen molar-refractivity contribution in [3.8, 4) is 23.3 Å². The van der Waals surface area contributed by atoms with Crippen LogP contribution >= 0.6 is 0 Å². The zero-order valence-corrected chi connectivity index (χ0v) is 24.2. The van der Waals surface area contributed by atoms with Gasteiger partial charge in [0, 0.05) is 56.3 Å². The third-order valence-corrected chi connectivity index (χ3v) is 9.47. The molecule has 3 fully saturated rings. The first-order chi connectivity index (χ1) is 21.3. The summed E-state index contributed by atoms with van der Waals surface area (Å²) in [5.74, 6) is -0.319. The van der Waals surface area contributed by atoms with Crippen molar-refractivity contribution in [1.82, 2.24) is 24.8 Å². The van der Waals surface area contributed by atoms with Gasteiger partial charge in [-0.05, 0) is 37.3 Å². The Kier molecular flexibility index (Phi) is 6.93. The highest BCUT2D eigenvalue weighted by atomic mass is 19.1. The zero-order valence-electron chi connectivity index (χ0n) is 24.2. The van der Waals surface area contributed by atoms with E-state index in [0.29, 0.717) is 53.6 Å². The van der Waals surface area contributed by atoms with Crippen molar-refractivity contribution in [2.75, 3.05) is 44.7 Å². The molecule has 0 spiro atoms. The number of nitriles is 1. The normalized spacial score (nSPS) is 23.3. The highest BCUT2D eigenvalue weighted by molar-refractivity contribution is 6.01. The number of likely N-dealkylation sites (N-methyl/N-ethyl adjacent to an activating group) is 1. The number of hydrogen-bond donors (Lipinski definition) is 1. The monoisotopic (exact) mass is 599 g/mol. The average Bonchev–Trinajstić information content (AvgIpc) is 3.74. The van der Waals surface area contributed by atoms with Gasteiger partial charge in [0.05, 0.1) is 22.6 Å². The average molecular weight is 600 g/mol. The maximum atomic E-state index is 16.6. The summed E-state index contributed by atoms with van der Waals surface area (Å²) in [5, 5.41) is 21.0. The zero-order chi connectivity index (χ0) is 30.6. The van der Waals surface area contributed by atoms with E-state index < -0.39 is 23.6 Å². The molecule has 3 atom stereocenters. The number of rotatable bonds is 6. The van der Waals surface area contributed by atoms with Crippen LogP contribution in [0.3, 0.4) is 0 Å². The van der Waals surface area contributed by atoms with Crippen LogP contribution in [-0.4, -0.2) is 93.5 Å². The fourth-order valence-electron chi connectivity index (χ4n) is 7.23. The van der Waals surface area contributed by atoms with Crippen molar-refractivity contribution in [3.63, 3.8) is 0 Å². The molecule has 3 aliphatic rings. The molecule has 0 saturated carbocycles. The van der Waals surface area contributed by atoms with E-state index in [-0.39, 0.29) is 36.4 Å². The van der Waals surface area contributed by atoms with Gasteiger partial charge in [-0.3, -0.25) is 9.88 Å². The van der Waals surface area contributed by atoms with Crippen molar-refractivity contribution in [2.45, 2.75) is 43.4 Å². The number of halogens is 2. The fourth-order valence-corrected chi connectivity index (χ4v) is 7.23. The van der Waals surface area contributed by atoms with E-state index in [9.17, 15) is 19.6 Å². The van der Waals surface area contributed by atoms with E-state index in [4.69, 9.17) is 9.72 Å². The molecule has 1 amide bonds. The number of carboxylic acid groups (broad SMARTS) is 1. The van der Waals surface area contributed by atoms with E-state index in [0.717, 1.165) is 24.8 Å². The van der Waals surface area contributed by atoms with Gasteiger partial charge < -0.3 is 19.6 Å². The number of aromatic nitrogens is 3. The predicted octanol–water partition coefficient (Wildman–Crippen LogP) is 5.00. The maximum absolute atomic E-state index is 16.6. The molecule has 0 bridgehead atoms. The van der Waals surface area contributed by atoms with Crippen LogP contribution in [0.4, 0.5) is 19.4 Å². The number of fused-ring (bicyclic) bond motifs is 3. The van der Waals surface area contributed by atoms with Crippen LogP contribution in [-0.2, 0) is 0 Å². The summed E-state index contributed by atoms with van der Waals surface area (Å²) in [4.78, 5) is 30.6. The Labute approximate surface area is 252 Å². The molecule has 0 unspecified atom stereocenters. The molecule has 7 rings (SSSR count). The highest BCUT2D eigenvalue weighted by Gasteiger charge is 2.49. The molecular weight excluding hydrogens is 568 g/mol. The third kappa shape index (κ3) is 4.63. The Balaban J connectivity index is 1.34. The number of pyridine rings is 1. The first-order valence-corrected chi connectivity index (χ1v) is 14.8. The van der Waals surface area contributed by atoms with Gasteiger partial charge in [0.2, 0.25) is 0 Å². The lowest BCUT2D eigenvalue weighted by Gasteiger charge is -2.31. The number of amides is 1. The number of benzene rings is 2. The second-order valence-corrected chi connectivity index (χ2v) is 12.0. The lowest BCUT2D eigenvalue weighted by Crippen LogP contribution is -2.43. The number of hydrogen-bond acceptors (Lipinski definition) is 8. The summed E-state index contributed by atoms with van der Waals surface area (Å²) in [6.07, 6.45) is 2.28. The van der Waals surface area contributed by atoms with Gasteiger partial charge >= 0.3 is 12.1 Å². The molecule has 3 aliphatic heterocycles. The van der Waals surface area contributed by atoms with Gasteiger partial charge in [-0.2, -0.15) is 15.2 Å². The van der Waals surface area contributed by atoms with Crippen molar-refractivity contribution >= 4 is 33.6 Å². The molecular formula is C32H31F2N7O3. The molecule has 2 aromatic carbocycles. The SMILES string of the molecule is CN(c1nc(OC[C@@]23CCCN2C[C@H](F)C3)nc2c(F)c(-c3cccc4cccc(C#N)c34)ncc12)[C@@H]1CCN(C(=O)O)C1. The van der Waals surface area contributed by atoms with Gasteiger partial charge in [-0.15, -0.1) is 0 Å². The quantitative estimate of drug-likeness (QED) is 0.327. The summed E-state index contributed by atoms with van der Waals surface area (Å²) in [6, 6.07) is 12.7. The van der Waals surface area contributed by atoms with E-state index in [1.807, 2.05) is 17.0 Å². The summed E-state index contributed by atoms with van der Waals surface area (Å²) in [5.41, 5.74) is 0.452. The van der Waals surface area contributed by atoms with Crippen LogP contribution in [0.25, 0.3) is 32.9 Å². The van der Waals surface area contributed by atoms with Crippen molar-refractivity contribution in [1.29, 1.82) is 5.26 Å². The number of anilines is 1. The fraction of sp³-hybridized carbons (Fsp3) is 0.406. The number of likely N-dealkylation sites (tertiary alicyclic amines) is 1. The molecule has 0 radical (unpaired) electrons. The van der Waals surface area contributed by atoms with Gasteiger partial charge in [0.1, 0.15) is 29.8 Å². The van der Waals surface area contributed by atoms with E-state index in [2.05, 4.69) is 20.9 Å². The minimum atomic E-state index is -0.996. The number of nitrogens with zero attached hydrogens (tertiary/aromatic N) is 7. The van der Waals surface area contributed by atoms with E-state index >= 15 is 4.39 Å². The minimum Gasteiger partial charge on any atom is -0.465 e. The molecule has 10 nitrogen and oxygen atoms in total. The van der Waals surface area contributed by atoms with E-state index in [1.54, 1.807) is 31.3 Å². The van der Waals surface area contributed by atoms with Crippen molar-refractivity contribution < 1.29 is 23.4 Å². The topological polar surface area (TPSA) is 119 Å². The second-order valence-electron chi connectivity index (χ2n) is 12.0. The lowest BCUT2D eigenvalue weighted by molar-refractivity contribution is 0.107. The summed E-state index contributed by atoms with van der Waals surface area (Å²) >= 11 is 0. The molecule has 2 aromatic heterocycles. The smallest absolute Gasteiger partial charge is 0.407 e. The van der Waals surface area contributed by atoms with Gasteiger partial charge in [-0.1, -0.05) is 30.3 Å². The number of carbonyl (C=O) groups is 1. The Morgan fingerprint density at radius 1 is 1.23 bits per heavy atom. The van der Waals surface area contributed by atoms with Crippen molar-refractivity contribution in [2.24, 2.45) is 0 Å². The maximum Gasteiger partial charge on any atom is 0.407 e. The molecule has 226 valence electrons. The van der Waals surface area contributed by atoms with Crippen LogP contribution in [0.2, 0.25) is 0 Å². The Bertz CT molecular complexity index is 1830. The Hall–Kier alpha value is -4.63. The molecule has 0 aliphatic carbocycles. The van der Waals surface area contributed by atoms with Crippen LogP contribution in [0.5, 0.6) is 6.01 Å². The molecule has 12 heteroatoms. The minimum absolute atomic E-state index is 0.00283. The molecule has 4 aromatic rings. The highest BCUT2D eigenvalue weighted by Crippen LogP contribution is 2.41. The summed E-state index contributed by atoms with van der Waals surface area (Å²) < 4.78 is 37.2. The predicted molar refractivity (Wildman–Crippen MR) is 160 cm³/mol. The molecule has 44 heavy (non-hydrogen) atoms. The van der Waals surface area contributed by atoms with Crippen LogP contribution < -0.4 is 9.64 Å². The molecule has 5 heterocycles.